The van der Waals surface area contributed by atoms with E-state index >= 15 is 0 Å². The summed E-state index contributed by atoms with van der Waals surface area (Å²) in [6.45, 7) is 0. The summed E-state index contributed by atoms with van der Waals surface area (Å²) in [5.41, 5.74) is 0.0612. The van der Waals surface area contributed by atoms with Crippen molar-refractivity contribution in [3.63, 3.8) is 0 Å². The summed E-state index contributed by atoms with van der Waals surface area (Å²) in [5, 5.41) is 0. The molecule has 0 heterocycles. The quantitative estimate of drug-likeness (QED) is 0.627. The Bertz CT molecular complexity index is 298. The maximum absolute atomic E-state index is 12.3. The van der Waals surface area contributed by atoms with Crippen molar-refractivity contribution in [2.45, 2.75) is 11.9 Å². The number of halogens is 3. The highest BCUT2D eigenvalue weighted by Crippen LogP contribution is 2.32. The molecule has 0 saturated heterocycles. The van der Waals surface area contributed by atoms with E-state index in [4.69, 9.17) is 0 Å². The smallest absolute Gasteiger partial charge is 0.166 e. The highest BCUT2D eigenvalue weighted by Gasteiger charge is 2.30. The summed E-state index contributed by atoms with van der Waals surface area (Å²) in [7, 11) is 2.63. The molecule has 0 atom stereocenters. The molecular formula is C8H7F3S3. The minimum absolute atomic E-state index is 0.526. The van der Waals surface area contributed by atoms with E-state index < -0.39 is 11.7 Å². The highest BCUT2D eigenvalue weighted by atomic mass is 33.5. The Kier molecular flexibility index (Phi) is 4.53. The standard InChI is InChI=1S/C8H7F3S3/c9-8(10,11)7-3-1-2-6(4-7)5-13-14-12/h1-4,12H,5H2. The Hall–Kier alpha value is 0.0600. The van der Waals surface area contributed by atoms with Crippen LogP contribution < -0.4 is 0 Å². The molecule has 0 aliphatic rings. The number of hydrogen-bond donors (Lipinski definition) is 1. The predicted molar refractivity (Wildman–Crippen MR) is 59.3 cm³/mol. The highest BCUT2D eigenvalue weighted by molar-refractivity contribution is 9.05. The van der Waals surface area contributed by atoms with Crippen LogP contribution in [0.5, 0.6) is 0 Å². The van der Waals surface area contributed by atoms with E-state index in [0.29, 0.717) is 11.3 Å². The first-order valence-electron chi connectivity index (χ1n) is 3.63. The molecular weight excluding hydrogens is 249 g/mol. The molecule has 0 saturated carbocycles. The molecule has 0 fully saturated rings. The predicted octanol–water partition coefficient (Wildman–Crippen LogP) is 4.43. The Morgan fingerprint density at radius 3 is 2.57 bits per heavy atom. The summed E-state index contributed by atoms with van der Waals surface area (Å²) in [6.07, 6.45) is -4.26. The van der Waals surface area contributed by atoms with Crippen molar-refractivity contribution in [2.75, 3.05) is 0 Å². The van der Waals surface area contributed by atoms with Crippen LogP contribution >= 0.6 is 32.3 Å². The Morgan fingerprint density at radius 1 is 1.29 bits per heavy atom. The van der Waals surface area contributed by atoms with E-state index in [0.717, 1.165) is 12.1 Å². The van der Waals surface area contributed by atoms with Gasteiger partial charge in [-0.15, -0.1) is 0 Å². The SMILES string of the molecule is FC(F)(F)c1cccc(CSSS)c1. The van der Waals surface area contributed by atoms with Crippen LogP contribution in [-0.4, -0.2) is 0 Å². The minimum atomic E-state index is -4.26. The summed E-state index contributed by atoms with van der Waals surface area (Å²) in [4.78, 5) is 0. The summed E-state index contributed by atoms with van der Waals surface area (Å²) >= 11 is 3.89. The van der Waals surface area contributed by atoms with E-state index in [1.54, 1.807) is 6.07 Å². The van der Waals surface area contributed by atoms with Crippen molar-refractivity contribution >= 4 is 32.3 Å². The molecule has 6 heteroatoms. The van der Waals surface area contributed by atoms with Gasteiger partial charge >= 0.3 is 6.18 Å². The van der Waals surface area contributed by atoms with Crippen LogP contribution in [0.4, 0.5) is 13.2 Å². The molecule has 0 unspecified atom stereocenters. The van der Waals surface area contributed by atoms with Crippen molar-refractivity contribution in [3.8, 4) is 0 Å². The fraction of sp³-hybridized carbons (Fsp3) is 0.250. The molecule has 0 bridgehead atoms. The molecule has 0 radical (unpaired) electrons. The van der Waals surface area contributed by atoms with Crippen LogP contribution in [0.1, 0.15) is 11.1 Å². The van der Waals surface area contributed by atoms with Gasteiger partial charge < -0.3 is 0 Å². The third kappa shape index (κ3) is 3.67. The topological polar surface area (TPSA) is 0 Å². The number of rotatable bonds is 3. The number of benzene rings is 1. The molecule has 0 nitrogen and oxygen atoms in total. The van der Waals surface area contributed by atoms with Crippen molar-refractivity contribution in [1.29, 1.82) is 0 Å². The Labute approximate surface area is 92.9 Å². The maximum Gasteiger partial charge on any atom is 0.416 e. The molecule has 14 heavy (non-hydrogen) atoms. The van der Waals surface area contributed by atoms with Gasteiger partial charge in [0.15, 0.2) is 0 Å². The first-order chi connectivity index (χ1) is 6.54. The van der Waals surface area contributed by atoms with E-state index in [1.807, 2.05) is 0 Å². The second-order valence-corrected chi connectivity index (χ2v) is 5.70. The number of thiol groups is 1. The fourth-order valence-electron chi connectivity index (χ4n) is 0.932. The summed E-state index contributed by atoms with van der Waals surface area (Å²) < 4.78 is 36.8. The van der Waals surface area contributed by atoms with Crippen LogP contribution in [-0.2, 0) is 11.9 Å². The van der Waals surface area contributed by atoms with Gasteiger partial charge in [0.1, 0.15) is 0 Å². The van der Waals surface area contributed by atoms with E-state index in [1.165, 1.54) is 26.7 Å². The molecule has 78 valence electrons. The molecule has 0 spiro atoms. The van der Waals surface area contributed by atoms with Gasteiger partial charge in [0, 0.05) is 5.75 Å². The van der Waals surface area contributed by atoms with Crippen molar-refractivity contribution in [3.05, 3.63) is 35.4 Å². The first-order valence-corrected chi connectivity index (χ1v) is 7.00. The largest absolute Gasteiger partial charge is 0.416 e. The number of alkyl halides is 3. The Balaban J connectivity index is 2.79. The lowest BCUT2D eigenvalue weighted by atomic mass is 10.1. The van der Waals surface area contributed by atoms with Gasteiger partial charge in [-0.3, -0.25) is 0 Å². The lowest BCUT2D eigenvalue weighted by Gasteiger charge is -2.07. The number of hydrogen-bond acceptors (Lipinski definition) is 3. The van der Waals surface area contributed by atoms with Crippen LogP contribution in [0.2, 0.25) is 0 Å². The molecule has 0 aliphatic heterocycles. The lowest BCUT2D eigenvalue weighted by molar-refractivity contribution is -0.137. The van der Waals surface area contributed by atoms with Crippen LogP contribution in [0.3, 0.4) is 0 Å². The normalized spacial score (nSPS) is 11.7. The third-order valence-electron chi connectivity index (χ3n) is 1.53. The van der Waals surface area contributed by atoms with Crippen LogP contribution in [0.25, 0.3) is 0 Å². The molecule has 0 aromatic heterocycles. The molecule has 0 N–H and O–H groups in total. The van der Waals surface area contributed by atoms with Gasteiger partial charge in [0.2, 0.25) is 0 Å². The monoisotopic (exact) mass is 256 g/mol. The van der Waals surface area contributed by atoms with E-state index in [-0.39, 0.29) is 0 Å². The van der Waals surface area contributed by atoms with Gasteiger partial charge in [-0.1, -0.05) is 40.7 Å². The van der Waals surface area contributed by atoms with Gasteiger partial charge in [0.05, 0.1) is 5.56 Å². The summed E-state index contributed by atoms with van der Waals surface area (Å²) in [5.74, 6) is 0.526. The van der Waals surface area contributed by atoms with Gasteiger partial charge in [-0.25, -0.2) is 0 Å². The van der Waals surface area contributed by atoms with E-state index in [9.17, 15) is 13.2 Å². The van der Waals surface area contributed by atoms with Gasteiger partial charge in [-0.05, 0) is 21.5 Å². The van der Waals surface area contributed by atoms with Crippen molar-refractivity contribution in [1.82, 2.24) is 0 Å². The average molecular weight is 256 g/mol. The third-order valence-corrected chi connectivity index (χ3v) is 3.71. The second kappa shape index (κ2) is 5.23. The lowest BCUT2D eigenvalue weighted by Crippen LogP contribution is -2.04. The molecule has 0 aliphatic carbocycles. The molecule has 1 aromatic rings. The average Bonchev–Trinajstić information content (AvgIpc) is 2.14. The maximum atomic E-state index is 12.3. The molecule has 1 aromatic carbocycles. The zero-order valence-corrected chi connectivity index (χ0v) is 9.44. The van der Waals surface area contributed by atoms with Crippen LogP contribution in [0, 0.1) is 0 Å². The molecule has 0 amide bonds. The van der Waals surface area contributed by atoms with Crippen molar-refractivity contribution < 1.29 is 13.2 Å². The summed E-state index contributed by atoms with van der Waals surface area (Å²) in [6, 6.07) is 5.33. The second-order valence-electron chi connectivity index (χ2n) is 2.53. The minimum Gasteiger partial charge on any atom is -0.166 e. The zero-order valence-electron chi connectivity index (χ0n) is 6.91. The zero-order chi connectivity index (χ0) is 10.6. The van der Waals surface area contributed by atoms with Gasteiger partial charge in [0.25, 0.3) is 0 Å². The first kappa shape index (κ1) is 12.1. The van der Waals surface area contributed by atoms with Gasteiger partial charge in [-0.2, -0.15) is 13.2 Å². The van der Waals surface area contributed by atoms with E-state index in [2.05, 4.69) is 11.7 Å². The van der Waals surface area contributed by atoms with Crippen molar-refractivity contribution in [2.24, 2.45) is 0 Å². The Morgan fingerprint density at radius 2 is 2.00 bits per heavy atom. The fourth-order valence-corrected chi connectivity index (χ4v) is 2.34. The molecule has 1 rings (SSSR count). The van der Waals surface area contributed by atoms with Crippen LogP contribution in [0.15, 0.2) is 24.3 Å².